The van der Waals surface area contributed by atoms with E-state index in [9.17, 15) is 23.2 Å². The second-order valence-corrected chi connectivity index (χ2v) is 7.96. The molecule has 0 bridgehead atoms. The molecule has 0 spiro atoms. The molecule has 1 aromatic heterocycles. The Labute approximate surface area is 171 Å². The number of carbonyl (C=O) groups is 1. The van der Waals surface area contributed by atoms with Crippen LogP contribution in [-0.2, 0) is 4.79 Å². The molecule has 3 N–H and O–H groups in total. The highest BCUT2D eigenvalue weighted by molar-refractivity contribution is 5.92. The molecular formula is C20H21F3N6O. The molecule has 10 heteroatoms. The normalized spacial score (nSPS) is 23.1. The molecule has 2 fully saturated rings. The standard InChI is InChI=1S/C20H21F3N6O/c21-20(22,23)18(25)19(30)28-14-7-13(11-1-2-11)9-29(10-14)15-4-3-12(8-24)16-17(15)27-6-5-26-16/h3-6,11,13-14,18H,1-2,7,9-10,25H2,(H,28,30)/t13-,14+,18-/m1/s1. The number of nitriles is 1. The molecule has 1 aliphatic heterocycles. The number of amides is 1. The quantitative estimate of drug-likeness (QED) is 0.788. The summed E-state index contributed by atoms with van der Waals surface area (Å²) >= 11 is 0. The lowest BCUT2D eigenvalue weighted by molar-refractivity contribution is -0.163. The number of nitrogens with two attached hydrogens (primary N) is 1. The number of halogens is 3. The maximum absolute atomic E-state index is 12.8. The highest BCUT2D eigenvalue weighted by Gasteiger charge is 2.44. The Morgan fingerprint density at radius 1 is 1.20 bits per heavy atom. The summed E-state index contributed by atoms with van der Waals surface area (Å²) in [7, 11) is 0. The summed E-state index contributed by atoms with van der Waals surface area (Å²) in [6.07, 6.45) is 1.03. The van der Waals surface area contributed by atoms with Gasteiger partial charge in [0.05, 0.1) is 11.3 Å². The second-order valence-electron chi connectivity index (χ2n) is 7.96. The molecule has 2 aromatic rings. The van der Waals surface area contributed by atoms with Crippen molar-refractivity contribution in [1.29, 1.82) is 5.26 Å². The average Bonchev–Trinajstić information content (AvgIpc) is 3.57. The van der Waals surface area contributed by atoms with E-state index in [4.69, 9.17) is 5.73 Å². The van der Waals surface area contributed by atoms with Gasteiger partial charge in [-0.3, -0.25) is 14.8 Å². The van der Waals surface area contributed by atoms with Gasteiger partial charge in [0.2, 0.25) is 5.91 Å². The number of nitrogens with zero attached hydrogens (tertiary/aromatic N) is 4. The van der Waals surface area contributed by atoms with Crippen LogP contribution in [0.15, 0.2) is 24.5 Å². The van der Waals surface area contributed by atoms with Gasteiger partial charge in [-0.2, -0.15) is 18.4 Å². The van der Waals surface area contributed by atoms with Crippen LogP contribution >= 0.6 is 0 Å². The summed E-state index contributed by atoms with van der Waals surface area (Å²) in [6, 6.07) is 2.54. The number of anilines is 1. The lowest BCUT2D eigenvalue weighted by Gasteiger charge is -2.40. The van der Waals surface area contributed by atoms with E-state index in [-0.39, 0.29) is 5.92 Å². The topological polar surface area (TPSA) is 108 Å². The first-order chi connectivity index (χ1) is 14.3. The number of carbonyl (C=O) groups excluding carboxylic acids is 1. The number of hydrogen-bond donors (Lipinski definition) is 2. The first-order valence-electron chi connectivity index (χ1n) is 9.79. The van der Waals surface area contributed by atoms with Crippen LogP contribution in [0, 0.1) is 23.2 Å². The predicted molar refractivity (Wildman–Crippen MR) is 103 cm³/mol. The van der Waals surface area contributed by atoms with Gasteiger partial charge < -0.3 is 16.0 Å². The van der Waals surface area contributed by atoms with E-state index in [0.29, 0.717) is 42.0 Å². The van der Waals surface area contributed by atoms with E-state index in [0.717, 1.165) is 18.5 Å². The molecule has 0 radical (unpaired) electrons. The Hall–Kier alpha value is -2.93. The third-order valence-corrected chi connectivity index (χ3v) is 5.82. The number of benzene rings is 1. The zero-order valence-electron chi connectivity index (χ0n) is 16.1. The maximum Gasteiger partial charge on any atom is 0.412 e. The van der Waals surface area contributed by atoms with E-state index in [2.05, 4.69) is 21.4 Å². The van der Waals surface area contributed by atoms with Crippen LogP contribution in [0.3, 0.4) is 0 Å². The lowest BCUT2D eigenvalue weighted by Crippen LogP contribution is -2.57. The molecule has 2 aliphatic rings. The number of hydrogen-bond acceptors (Lipinski definition) is 6. The molecule has 4 rings (SSSR count). The molecular weight excluding hydrogens is 397 g/mol. The monoisotopic (exact) mass is 418 g/mol. The van der Waals surface area contributed by atoms with Gasteiger partial charge in [0, 0.05) is 31.5 Å². The first-order valence-corrected chi connectivity index (χ1v) is 9.79. The number of alkyl halides is 3. The zero-order chi connectivity index (χ0) is 21.5. The van der Waals surface area contributed by atoms with Crippen molar-refractivity contribution in [3.63, 3.8) is 0 Å². The van der Waals surface area contributed by atoms with Crippen molar-refractivity contribution < 1.29 is 18.0 Å². The van der Waals surface area contributed by atoms with Crippen LogP contribution in [0.25, 0.3) is 11.0 Å². The van der Waals surface area contributed by atoms with Gasteiger partial charge in [-0.25, -0.2) is 0 Å². The summed E-state index contributed by atoms with van der Waals surface area (Å²) in [5.41, 5.74) is 7.26. The summed E-state index contributed by atoms with van der Waals surface area (Å²) in [4.78, 5) is 22.7. The molecule has 1 aliphatic carbocycles. The van der Waals surface area contributed by atoms with Gasteiger partial charge in [-0.1, -0.05) is 0 Å². The summed E-state index contributed by atoms with van der Waals surface area (Å²) in [6.45, 7) is 1.04. The zero-order valence-corrected chi connectivity index (χ0v) is 16.1. The minimum Gasteiger partial charge on any atom is -0.367 e. The maximum atomic E-state index is 12.8. The number of aromatic nitrogens is 2. The lowest BCUT2D eigenvalue weighted by atomic mass is 9.89. The van der Waals surface area contributed by atoms with Crippen LogP contribution in [0.2, 0.25) is 0 Å². The molecule has 1 saturated heterocycles. The molecule has 158 valence electrons. The van der Waals surface area contributed by atoms with Gasteiger partial charge in [-0.05, 0) is 43.2 Å². The summed E-state index contributed by atoms with van der Waals surface area (Å²) in [5, 5.41) is 11.8. The van der Waals surface area contributed by atoms with Crippen LogP contribution in [-0.4, -0.2) is 47.2 Å². The Morgan fingerprint density at radius 3 is 2.53 bits per heavy atom. The third-order valence-electron chi connectivity index (χ3n) is 5.82. The second kappa shape index (κ2) is 7.72. The smallest absolute Gasteiger partial charge is 0.367 e. The molecule has 7 nitrogen and oxygen atoms in total. The largest absolute Gasteiger partial charge is 0.412 e. The number of nitrogens with one attached hydrogen (secondary N) is 1. The highest BCUT2D eigenvalue weighted by Crippen LogP contribution is 2.42. The molecule has 2 heterocycles. The van der Waals surface area contributed by atoms with Gasteiger partial charge in [-0.15, -0.1) is 0 Å². The van der Waals surface area contributed by atoms with Crippen molar-refractivity contribution in [2.75, 3.05) is 18.0 Å². The molecule has 30 heavy (non-hydrogen) atoms. The van der Waals surface area contributed by atoms with Crippen molar-refractivity contribution in [3.8, 4) is 6.07 Å². The summed E-state index contributed by atoms with van der Waals surface area (Å²) in [5.74, 6) is -0.471. The minimum absolute atomic E-state index is 0.244. The Morgan fingerprint density at radius 2 is 1.90 bits per heavy atom. The van der Waals surface area contributed by atoms with E-state index in [1.165, 1.54) is 12.4 Å². The Bertz CT molecular complexity index is 1000. The van der Waals surface area contributed by atoms with Gasteiger partial charge in [0.15, 0.2) is 6.04 Å². The highest BCUT2D eigenvalue weighted by atomic mass is 19.4. The van der Waals surface area contributed by atoms with Crippen molar-refractivity contribution >= 4 is 22.6 Å². The Kier molecular flexibility index (Phi) is 5.24. The first kappa shape index (κ1) is 20.3. The van der Waals surface area contributed by atoms with Gasteiger partial charge in [0.25, 0.3) is 0 Å². The van der Waals surface area contributed by atoms with Crippen LogP contribution < -0.4 is 16.0 Å². The van der Waals surface area contributed by atoms with E-state index < -0.39 is 24.2 Å². The van der Waals surface area contributed by atoms with Gasteiger partial charge >= 0.3 is 6.18 Å². The Balaban J connectivity index is 1.62. The van der Waals surface area contributed by atoms with Crippen molar-refractivity contribution in [2.24, 2.45) is 17.6 Å². The molecule has 3 atom stereocenters. The molecule has 1 amide bonds. The van der Waals surface area contributed by atoms with E-state index >= 15 is 0 Å². The number of fused-ring (bicyclic) bond motifs is 1. The molecule has 0 unspecified atom stereocenters. The van der Waals surface area contributed by atoms with Crippen LogP contribution in [0.1, 0.15) is 24.8 Å². The fourth-order valence-corrected chi connectivity index (χ4v) is 4.18. The van der Waals surface area contributed by atoms with Crippen molar-refractivity contribution in [3.05, 3.63) is 30.1 Å². The number of piperidine rings is 1. The van der Waals surface area contributed by atoms with E-state index in [1.807, 2.05) is 4.90 Å². The summed E-state index contributed by atoms with van der Waals surface area (Å²) < 4.78 is 38.5. The van der Waals surface area contributed by atoms with Crippen LogP contribution in [0.5, 0.6) is 0 Å². The van der Waals surface area contributed by atoms with Gasteiger partial charge in [0.1, 0.15) is 17.1 Å². The third kappa shape index (κ3) is 4.03. The molecule has 1 aromatic carbocycles. The fraction of sp³-hybridized carbons (Fsp3) is 0.500. The SMILES string of the molecule is N#Cc1ccc(N2C[C@@H](NC(=O)[C@@H](N)C(F)(F)F)C[C@@H](C3CC3)C2)c2nccnc12. The van der Waals surface area contributed by atoms with Crippen LogP contribution in [0.4, 0.5) is 18.9 Å². The van der Waals surface area contributed by atoms with Crippen molar-refractivity contribution in [2.45, 2.75) is 37.5 Å². The van der Waals surface area contributed by atoms with E-state index in [1.54, 1.807) is 12.1 Å². The molecule has 1 saturated carbocycles. The fourth-order valence-electron chi connectivity index (χ4n) is 4.18. The predicted octanol–water partition coefficient (Wildman–Crippen LogP) is 2.11. The minimum atomic E-state index is -4.78. The van der Waals surface area contributed by atoms with Crippen molar-refractivity contribution in [1.82, 2.24) is 15.3 Å². The number of rotatable bonds is 4. The average molecular weight is 418 g/mol.